The maximum absolute atomic E-state index is 5.26. The molecule has 0 aromatic rings. The molecule has 0 aromatic carbocycles. The van der Waals surface area contributed by atoms with E-state index in [1.54, 1.807) is 0 Å². The molecule has 1 saturated heterocycles. The molecule has 2 nitrogen and oxygen atoms in total. The van der Waals surface area contributed by atoms with Gasteiger partial charge in [-0.2, -0.15) is 0 Å². The number of hydrogen-bond acceptors (Lipinski definition) is 2. The second-order valence-corrected chi connectivity index (χ2v) is 2.41. The van der Waals surface area contributed by atoms with Crippen LogP contribution in [-0.4, -0.2) is 24.9 Å². The minimum Gasteiger partial charge on any atom is -0.367 e. The average molecular weight is 137 g/mol. The first-order valence-corrected chi connectivity index (χ1v) is 3.08. The molecule has 1 aliphatic rings. The van der Waals surface area contributed by atoms with Gasteiger partial charge in [0.15, 0.2) is 0 Å². The van der Waals surface area contributed by atoms with Gasteiger partial charge in [0, 0.05) is 0 Å². The predicted molar refractivity (Wildman–Crippen MR) is 31.0 cm³/mol. The minimum atomic E-state index is -0.00507. The number of ether oxygens (including phenoxy) is 2. The van der Waals surface area contributed by atoms with Crippen molar-refractivity contribution in [1.82, 2.24) is 0 Å². The van der Waals surface area contributed by atoms with Gasteiger partial charge in [0.25, 0.3) is 0 Å². The fourth-order valence-electron chi connectivity index (χ4n) is 0.461. The van der Waals surface area contributed by atoms with Crippen molar-refractivity contribution in [1.29, 1.82) is 0 Å². The molecule has 1 fully saturated rings. The zero-order chi connectivity index (χ0) is 6.04. The molecule has 1 unspecified atom stereocenters. The van der Waals surface area contributed by atoms with Crippen molar-refractivity contribution in [2.45, 2.75) is 12.5 Å². The number of halogens is 1. The summed E-state index contributed by atoms with van der Waals surface area (Å²) in [5, 5.41) is 0. The van der Waals surface area contributed by atoms with E-state index in [4.69, 9.17) is 21.1 Å². The van der Waals surface area contributed by atoms with E-state index < -0.39 is 0 Å². The molecule has 8 heavy (non-hydrogen) atoms. The van der Waals surface area contributed by atoms with Gasteiger partial charge in [-0.05, 0) is 6.92 Å². The summed E-state index contributed by atoms with van der Waals surface area (Å²) < 4.78 is 9.92. The van der Waals surface area contributed by atoms with Crippen molar-refractivity contribution >= 4 is 11.6 Å². The van der Waals surface area contributed by atoms with Gasteiger partial charge in [0.1, 0.15) is 11.7 Å². The Labute approximate surface area is 53.7 Å². The van der Waals surface area contributed by atoms with Gasteiger partial charge in [0.2, 0.25) is 0 Å². The second-order valence-electron chi connectivity index (χ2n) is 2.20. The van der Waals surface area contributed by atoms with E-state index in [9.17, 15) is 0 Å². The molecule has 0 amide bonds. The Morgan fingerprint density at radius 2 is 2.50 bits per heavy atom. The Kier molecular flexibility index (Phi) is 1.75. The highest BCUT2D eigenvalue weighted by molar-refractivity contribution is 6.17. The highest BCUT2D eigenvalue weighted by atomic mass is 35.5. The van der Waals surface area contributed by atoms with E-state index in [1.165, 1.54) is 0 Å². The van der Waals surface area contributed by atoms with Gasteiger partial charge in [-0.3, -0.25) is 0 Å². The zero-order valence-electron chi connectivity index (χ0n) is 4.82. The predicted octanol–water partition coefficient (Wildman–Crippen LogP) is 0.988. The van der Waals surface area contributed by atoms with Crippen LogP contribution in [0.2, 0.25) is 0 Å². The quantitative estimate of drug-likeness (QED) is 0.426. The molecule has 0 aromatic heterocycles. The third kappa shape index (κ3) is 1.62. The Bertz CT molecular complexity index is 80.5. The summed E-state index contributed by atoms with van der Waals surface area (Å²) >= 11 is 5.26. The Hall–Kier alpha value is 0.210. The Morgan fingerprint density at radius 1 is 1.88 bits per heavy atom. The fourth-order valence-corrected chi connectivity index (χ4v) is 0.538. The van der Waals surface area contributed by atoms with Gasteiger partial charge in [0.05, 0.1) is 13.2 Å². The molecule has 0 bridgehead atoms. The molecule has 3 heteroatoms. The number of rotatable bonds is 3. The fraction of sp³-hybridized carbons (Fsp3) is 1.00. The first kappa shape index (κ1) is 6.33. The number of epoxide rings is 1. The van der Waals surface area contributed by atoms with E-state index in [1.807, 2.05) is 6.92 Å². The summed E-state index contributed by atoms with van der Waals surface area (Å²) in [5.74, 6) is 0. The number of hydrogen-bond donors (Lipinski definition) is 0. The van der Waals surface area contributed by atoms with Crippen molar-refractivity contribution in [3.8, 4) is 0 Å². The van der Waals surface area contributed by atoms with Crippen molar-refractivity contribution in [3.63, 3.8) is 0 Å². The van der Waals surface area contributed by atoms with E-state index in [-0.39, 0.29) is 11.7 Å². The molecule has 1 aliphatic heterocycles. The highest BCUT2D eigenvalue weighted by Crippen LogP contribution is 2.25. The van der Waals surface area contributed by atoms with Crippen LogP contribution in [0.3, 0.4) is 0 Å². The Balaban J connectivity index is 2.01. The highest BCUT2D eigenvalue weighted by Gasteiger charge is 2.39. The van der Waals surface area contributed by atoms with Gasteiger partial charge >= 0.3 is 0 Å². The van der Waals surface area contributed by atoms with E-state index in [0.717, 1.165) is 6.61 Å². The molecule has 1 atom stereocenters. The van der Waals surface area contributed by atoms with E-state index in [0.29, 0.717) is 6.61 Å². The smallest absolute Gasteiger partial charge is 0.120 e. The van der Waals surface area contributed by atoms with Crippen LogP contribution in [0.15, 0.2) is 0 Å². The Morgan fingerprint density at radius 3 is 2.88 bits per heavy atom. The maximum Gasteiger partial charge on any atom is 0.120 e. The standard InChI is InChI=1S/C5H9ClO2/c1-5(3-8-5)2-7-4-6/h2-4H2,1H3. The summed E-state index contributed by atoms with van der Waals surface area (Å²) in [6.45, 7) is 3.43. The molecule has 0 spiro atoms. The van der Waals surface area contributed by atoms with Crippen LogP contribution in [0.1, 0.15) is 6.92 Å². The van der Waals surface area contributed by atoms with Gasteiger partial charge in [-0.15, -0.1) is 0 Å². The molecule has 0 radical (unpaired) electrons. The van der Waals surface area contributed by atoms with Crippen molar-refractivity contribution in [2.75, 3.05) is 19.3 Å². The molecule has 1 heterocycles. The minimum absolute atomic E-state index is 0.00507. The van der Waals surface area contributed by atoms with Gasteiger partial charge in [-0.1, -0.05) is 11.6 Å². The SMILES string of the molecule is CC1(COCCl)CO1. The summed E-state index contributed by atoms with van der Waals surface area (Å²) in [6.07, 6.45) is 0. The zero-order valence-corrected chi connectivity index (χ0v) is 5.57. The first-order valence-electron chi connectivity index (χ1n) is 2.54. The lowest BCUT2D eigenvalue weighted by atomic mass is 10.2. The lowest BCUT2D eigenvalue weighted by Gasteiger charge is -2.01. The van der Waals surface area contributed by atoms with Crippen LogP contribution in [0.5, 0.6) is 0 Å². The molecule has 1 rings (SSSR count). The molecular weight excluding hydrogens is 128 g/mol. The largest absolute Gasteiger partial charge is 0.367 e. The first-order chi connectivity index (χ1) is 3.77. The van der Waals surface area contributed by atoms with Crippen LogP contribution in [0.25, 0.3) is 0 Å². The van der Waals surface area contributed by atoms with Crippen LogP contribution in [-0.2, 0) is 9.47 Å². The van der Waals surface area contributed by atoms with E-state index in [2.05, 4.69) is 0 Å². The van der Waals surface area contributed by atoms with Crippen molar-refractivity contribution in [2.24, 2.45) is 0 Å². The second kappa shape index (κ2) is 2.21. The topological polar surface area (TPSA) is 21.8 Å². The monoisotopic (exact) mass is 136 g/mol. The van der Waals surface area contributed by atoms with E-state index >= 15 is 0 Å². The van der Waals surface area contributed by atoms with Crippen LogP contribution >= 0.6 is 11.6 Å². The van der Waals surface area contributed by atoms with Gasteiger partial charge < -0.3 is 9.47 Å². The molecule has 0 aliphatic carbocycles. The summed E-state index contributed by atoms with van der Waals surface area (Å²) in [6, 6.07) is 0.263. The molecule has 0 N–H and O–H groups in total. The third-order valence-corrected chi connectivity index (χ3v) is 1.28. The maximum atomic E-state index is 5.26. The summed E-state index contributed by atoms with van der Waals surface area (Å²) in [5.41, 5.74) is -0.00507. The normalized spacial score (nSPS) is 35.2. The molecule has 48 valence electrons. The van der Waals surface area contributed by atoms with Crippen LogP contribution in [0, 0.1) is 0 Å². The third-order valence-electron chi connectivity index (χ3n) is 1.12. The number of alkyl halides is 1. The average Bonchev–Trinajstić information content (AvgIpc) is 2.45. The molecular formula is C5H9ClO2. The van der Waals surface area contributed by atoms with Crippen LogP contribution in [0.4, 0.5) is 0 Å². The lowest BCUT2D eigenvalue weighted by Crippen LogP contribution is -2.13. The summed E-state index contributed by atoms with van der Waals surface area (Å²) in [7, 11) is 0. The van der Waals surface area contributed by atoms with Crippen LogP contribution < -0.4 is 0 Å². The van der Waals surface area contributed by atoms with Gasteiger partial charge in [-0.25, -0.2) is 0 Å². The molecule has 0 saturated carbocycles. The lowest BCUT2D eigenvalue weighted by molar-refractivity contribution is 0.117. The van der Waals surface area contributed by atoms with Crippen molar-refractivity contribution < 1.29 is 9.47 Å². The van der Waals surface area contributed by atoms with Crippen molar-refractivity contribution in [3.05, 3.63) is 0 Å². The summed E-state index contributed by atoms with van der Waals surface area (Å²) in [4.78, 5) is 0.